The number of aromatic nitrogens is 1. The first-order valence-electron chi connectivity index (χ1n) is 6.43. The van der Waals surface area contributed by atoms with Crippen molar-refractivity contribution in [2.24, 2.45) is 5.10 Å². The Labute approximate surface area is 122 Å². The molecule has 3 aromatic rings. The number of rotatable bonds is 3. The van der Waals surface area contributed by atoms with E-state index in [4.69, 9.17) is 0 Å². The van der Waals surface area contributed by atoms with E-state index in [1.807, 2.05) is 42.8 Å². The number of anilines is 1. The lowest BCUT2D eigenvalue weighted by molar-refractivity contribution is 1.24. The number of fused-ring (bicyclic) bond motifs is 1. The van der Waals surface area contributed by atoms with Gasteiger partial charge in [0.05, 0.1) is 17.4 Å². The highest BCUT2D eigenvalue weighted by molar-refractivity contribution is 7.11. The van der Waals surface area contributed by atoms with Crippen LogP contribution in [0.2, 0.25) is 0 Å². The van der Waals surface area contributed by atoms with E-state index < -0.39 is 0 Å². The van der Waals surface area contributed by atoms with Gasteiger partial charge in [-0.15, -0.1) is 11.3 Å². The van der Waals surface area contributed by atoms with Crippen LogP contribution in [0.3, 0.4) is 0 Å². The van der Waals surface area contributed by atoms with Crippen molar-refractivity contribution in [3.63, 3.8) is 0 Å². The van der Waals surface area contributed by atoms with Gasteiger partial charge in [0, 0.05) is 16.0 Å². The van der Waals surface area contributed by atoms with Crippen LogP contribution in [0.5, 0.6) is 0 Å². The van der Waals surface area contributed by atoms with E-state index in [1.165, 1.54) is 5.56 Å². The standard InChI is InChI=1S/C16H15N3S/c1-11-5-6-15-14(8-11)16(9-12(2)18-15)19-17-10-13-4-3-7-20-13/h3-10H,1-2H3,(H,18,19). The van der Waals surface area contributed by atoms with Gasteiger partial charge < -0.3 is 0 Å². The lowest BCUT2D eigenvalue weighted by atomic mass is 10.1. The van der Waals surface area contributed by atoms with Crippen LogP contribution in [0.25, 0.3) is 10.9 Å². The van der Waals surface area contributed by atoms with Crippen LogP contribution in [0.15, 0.2) is 46.9 Å². The van der Waals surface area contributed by atoms with Crippen LogP contribution in [0.1, 0.15) is 16.1 Å². The van der Waals surface area contributed by atoms with Crippen LogP contribution >= 0.6 is 11.3 Å². The Morgan fingerprint density at radius 3 is 2.90 bits per heavy atom. The highest BCUT2D eigenvalue weighted by Gasteiger charge is 2.03. The number of hydrazone groups is 1. The molecule has 20 heavy (non-hydrogen) atoms. The van der Waals surface area contributed by atoms with Crippen molar-refractivity contribution >= 4 is 34.1 Å². The summed E-state index contributed by atoms with van der Waals surface area (Å²) in [6.45, 7) is 4.07. The molecule has 0 saturated carbocycles. The molecule has 2 aromatic heterocycles. The predicted molar refractivity (Wildman–Crippen MR) is 86.8 cm³/mol. The molecule has 1 N–H and O–H groups in total. The van der Waals surface area contributed by atoms with Gasteiger partial charge in [0.2, 0.25) is 0 Å². The highest BCUT2D eigenvalue weighted by atomic mass is 32.1. The maximum absolute atomic E-state index is 4.55. The monoisotopic (exact) mass is 281 g/mol. The molecule has 0 spiro atoms. The molecule has 0 fully saturated rings. The van der Waals surface area contributed by atoms with Gasteiger partial charge >= 0.3 is 0 Å². The second-order valence-corrected chi connectivity index (χ2v) is 5.70. The normalized spacial score (nSPS) is 11.3. The van der Waals surface area contributed by atoms with Crippen molar-refractivity contribution in [1.29, 1.82) is 0 Å². The Bertz CT molecular complexity index is 761. The Kier molecular flexibility index (Phi) is 3.48. The second kappa shape index (κ2) is 5.43. The summed E-state index contributed by atoms with van der Waals surface area (Å²) >= 11 is 1.67. The Balaban J connectivity index is 1.95. The number of benzene rings is 1. The molecule has 0 saturated heterocycles. The zero-order valence-corrected chi connectivity index (χ0v) is 12.2. The number of nitrogens with one attached hydrogen (secondary N) is 1. The fraction of sp³-hybridized carbons (Fsp3) is 0.125. The average molecular weight is 281 g/mol. The number of thiophene rings is 1. The van der Waals surface area contributed by atoms with Crippen molar-refractivity contribution in [3.05, 3.63) is 57.9 Å². The molecule has 3 nitrogen and oxygen atoms in total. The third-order valence-electron chi connectivity index (χ3n) is 3.01. The van der Waals surface area contributed by atoms with Gasteiger partial charge in [0.25, 0.3) is 0 Å². The molecular weight excluding hydrogens is 266 g/mol. The minimum absolute atomic E-state index is 0.982. The number of hydrogen-bond acceptors (Lipinski definition) is 4. The molecule has 0 atom stereocenters. The third-order valence-corrected chi connectivity index (χ3v) is 3.82. The molecule has 4 heteroatoms. The lowest BCUT2D eigenvalue weighted by Gasteiger charge is -2.07. The summed E-state index contributed by atoms with van der Waals surface area (Å²) in [7, 11) is 0. The van der Waals surface area contributed by atoms with Gasteiger partial charge in [-0.1, -0.05) is 17.7 Å². The first-order valence-corrected chi connectivity index (χ1v) is 7.31. The number of aryl methyl sites for hydroxylation is 2. The third kappa shape index (κ3) is 2.70. The Morgan fingerprint density at radius 1 is 1.20 bits per heavy atom. The molecular formula is C16H15N3S. The van der Waals surface area contributed by atoms with E-state index in [1.54, 1.807) is 11.3 Å². The average Bonchev–Trinajstić information content (AvgIpc) is 2.92. The molecule has 2 heterocycles. The molecule has 0 bridgehead atoms. The van der Waals surface area contributed by atoms with Gasteiger partial charge in [-0.25, -0.2) is 0 Å². The predicted octanol–water partition coefficient (Wildman–Crippen LogP) is 4.36. The molecule has 0 radical (unpaired) electrons. The van der Waals surface area contributed by atoms with Crippen molar-refractivity contribution in [2.45, 2.75) is 13.8 Å². The van der Waals surface area contributed by atoms with Crippen molar-refractivity contribution in [1.82, 2.24) is 4.98 Å². The molecule has 0 amide bonds. The number of nitrogens with zero attached hydrogens (tertiary/aromatic N) is 2. The zero-order chi connectivity index (χ0) is 13.9. The second-order valence-electron chi connectivity index (χ2n) is 4.72. The maximum atomic E-state index is 4.55. The summed E-state index contributed by atoms with van der Waals surface area (Å²) < 4.78 is 0. The van der Waals surface area contributed by atoms with Crippen LogP contribution in [0.4, 0.5) is 5.69 Å². The minimum atomic E-state index is 0.982. The fourth-order valence-electron chi connectivity index (χ4n) is 2.09. The SMILES string of the molecule is Cc1ccc2nc(C)cc(NN=Cc3cccs3)c2c1. The first-order chi connectivity index (χ1) is 9.72. The van der Waals surface area contributed by atoms with Gasteiger partial charge in [0.15, 0.2) is 0 Å². The summed E-state index contributed by atoms with van der Waals surface area (Å²) in [6, 6.07) is 12.3. The van der Waals surface area contributed by atoms with Crippen molar-refractivity contribution in [3.8, 4) is 0 Å². The van der Waals surface area contributed by atoms with E-state index in [0.29, 0.717) is 0 Å². The summed E-state index contributed by atoms with van der Waals surface area (Å²) in [4.78, 5) is 5.67. The molecule has 0 aliphatic rings. The van der Waals surface area contributed by atoms with E-state index >= 15 is 0 Å². The molecule has 3 rings (SSSR count). The fourth-order valence-corrected chi connectivity index (χ4v) is 2.68. The quantitative estimate of drug-likeness (QED) is 0.572. The molecule has 0 aliphatic carbocycles. The largest absolute Gasteiger partial charge is 0.278 e. The van der Waals surface area contributed by atoms with Gasteiger partial charge in [-0.3, -0.25) is 10.4 Å². The summed E-state index contributed by atoms with van der Waals surface area (Å²) in [5.74, 6) is 0. The molecule has 0 aliphatic heterocycles. The zero-order valence-electron chi connectivity index (χ0n) is 11.4. The summed E-state index contributed by atoms with van der Waals surface area (Å²) in [5, 5.41) is 7.45. The van der Waals surface area contributed by atoms with E-state index in [9.17, 15) is 0 Å². The number of hydrogen-bond donors (Lipinski definition) is 1. The Morgan fingerprint density at radius 2 is 2.10 bits per heavy atom. The van der Waals surface area contributed by atoms with Crippen LogP contribution in [-0.2, 0) is 0 Å². The van der Waals surface area contributed by atoms with E-state index in [-0.39, 0.29) is 0 Å². The summed E-state index contributed by atoms with van der Waals surface area (Å²) in [6.07, 6.45) is 1.84. The smallest absolute Gasteiger partial charge is 0.0726 e. The van der Waals surface area contributed by atoms with Gasteiger partial charge in [0.1, 0.15) is 0 Å². The van der Waals surface area contributed by atoms with Crippen LogP contribution in [0, 0.1) is 13.8 Å². The van der Waals surface area contributed by atoms with E-state index in [2.05, 4.69) is 34.6 Å². The van der Waals surface area contributed by atoms with Crippen LogP contribution < -0.4 is 5.43 Å². The first kappa shape index (κ1) is 12.8. The molecule has 0 unspecified atom stereocenters. The maximum Gasteiger partial charge on any atom is 0.0726 e. The summed E-state index contributed by atoms with van der Waals surface area (Å²) in [5.41, 5.74) is 7.31. The van der Waals surface area contributed by atoms with Crippen molar-refractivity contribution in [2.75, 3.05) is 5.43 Å². The van der Waals surface area contributed by atoms with Gasteiger partial charge in [-0.2, -0.15) is 5.10 Å². The highest BCUT2D eigenvalue weighted by Crippen LogP contribution is 2.24. The Hall–Kier alpha value is -2.20. The molecule has 1 aromatic carbocycles. The minimum Gasteiger partial charge on any atom is -0.278 e. The van der Waals surface area contributed by atoms with Gasteiger partial charge in [-0.05, 0) is 43.5 Å². The van der Waals surface area contributed by atoms with Crippen molar-refractivity contribution < 1.29 is 0 Å². The molecule has 100 valence electrons. The lowest BCUT2D eigenvalue weighted by Crippen LogP contribution is -1.94. The van der Waals surface area contributed by atoms with E-state index in [0.717, 1.165) is 27.2 Å². The topological polar surface area (TPSA) is 37.3 Å². The van der Waals surface area contributed by atoms with Crippen LogP contribution in [-0.4, -0.2) is 11.2 Å². The number of pyridine rings is 1.